The van der Waals surface area contributed by atoms with E-state index in [-0.39, 0.29) is 30.1 Å². The Morgan fingerprint density at radius 3 is 2.81 bits per heavy atom. The molecule has 2 N–H and O–H groups in total. The van der Waals surface area contributed by atoms with Gasteiger partial charge in [-0.3, -0.25) is 9.59 Å². The van der Waals surface area contributed by atoms with Crippen molar-refractivity contribution >= 4 is 23.6 Å². The molecule has 6 nitrogen and oxygen atoms in total. The number of hydrogen-bond donors (Lipinski definition) is 2. The third kappa shape index (κ3) is 3.99. The van der Waals surface area contributed by atoms with Gasteiger partial charge in [0, 0.05) is 6.54 Å². The molecule has 1 atom stereocenters. The maximum atomic E-state index is 11.7. The molecule has 1 rings (SSSR count). The summed E-state index contributed by atoms with van der Waals surface area (Å²) in [5.41, 5.74) is 0. The maximum Gasteiger partial charge on any atom is 0.313 e. The molecule has 0 spiro atoms. The number of morpholine rings is 1. The van der Waals surface area contributed by atoms with Crippen LogP contribution in [0.2, 0.25) is 0 Å². The van der Waals surface area contributed by atoms with Crippen molar-refractivity contribution < 1.29 is 24.5 Å². The van der Waals surface area contributed by atoms with E-state index in [1.54, 1.807) is 4.90 Å². The number of thioether (sulfide) groups is 1. The van der Waals surface area contributed by atoms with E-state index in [2.05, 4.69) is 0 Å². The summed E-state index contributed by atoms with van der Waals surface area (Å²) in [4.78, 5) is 23.5. The first-order valence-electron chi connectivity index (χ1n) is 4.92. The summed E-state index contributed by atoms with van der Waals surface area (Å²) in [6, 6.07) is -0.299. The van der Waals surface area contributed by atoms with Gasteiger partial charge in [-0.1, -0.05) is 0 Å². The molecule has 1 aliphatic heterocycles. The summed E-state index contributed by atoms with van der Waals surface area (Å²) in [7, 11) is 0. The number of aliphatic hydroxyl groups excluding tert-OH is 1. The third-order valence-corrected chi connectivity index (χ3v) is 3.11. The average molecular weight is 249 g/mol. The Morgan fingerprint density at radius 2 is 2.19 bits per heavy atom. The lowest BCUT2D eigenvalue weighted by atomic mass is 10.2. The molecule has 0 bridgehead atoms. The van der Waals surface area contributed by atoms with Gasteiger partial charge in [0.1, 0.15) is 0 Å². The Morgan fingerprint density at radius 1 is 1.44 bits per heavy atom. The van der Waals surface area contributed by atoms with Gasteiger partial charge in [0.05, 0.1) is 37.4 Å². The fraction of sp³-hybridized carbons (Fsp3) is 0.778. The average Bonchev–Trinajstić information content (AvgIpc) is 2.28. The van der Waals surface area contributed by atoms with Crippen LogP contribution in [0.1, 0.15) is 0 Å². The smallest absolute Gasteiger partial charge is 0.313 e. The highest BCUT2D eigenvalue weighted by atomic mass is 32.2. The van der Waals surface area contributed by atoms with Crippen molar-refractivity contribution in [1.29, 1.82) is 0 Å². The van der Waals surface area contributed by atoms with Crippen molar-refractivity contribution in [3.8, 4) is 0 Å². The Hall–Kier alpha value is -0.790. The Labute approximate surface area is 97.6 Å². The summed E-state index contributed by atoms with van der Waals surface area (Å²) >= 11 is 1.06. The zero-order chi connectivity index (χ0) is 12.0. The molecule has 1 amide bonds. The van der Waals surface area contributed by atoms with Gasteiger partial charge in [-0.2, -0.15) is 0 Å². The number of nitrogens with zero attached hydrogens (tertiary/aromatic N) is 1. The number of ether oxygens (including phenoxy) is 1. The van der Waals surface area contributed by atoms with E-state index in [1.807, 2.05) is 0 Å². The molecule has 1 heterocycles. The van der Waals surface area contributed by atoms with Gasteiger partial charge in [0.15, 0.2) is 0 Å². The lowest BCUT2D eigenvalue weighted by Gasteiger charge is -2.34. The van der Waals surface area contributed by atoms with E-state index >= 15 is 0 Å². The second kappa shape index (κ2) is 6.72. The quantitative estimate of drug-likeness (QED) is 0.651. The van der Waals surface area contributed by atoms with Gasteiger partial charge in [0.2, 0.25) is 5.91 Å². The molecule has 0 aromatic heterocycles. The van der Waals surface area contributed by atoms with Gasteiger partial charge in [-0.15, -0.1) is 11.8 Å². The minimum atomic E-state index is -0.932. The van der Waals surface area contributed by atoms with Crippen LogP contribution in [0.3, 0.4) is 0 Å². The molecule has 16 heavy (non-hydrogen) atoms. The van der Waals surface area contributed by atoms with E-state index in [0.717, 1.165) is 11.8 Å². The first-order valence-corrected chi connectivity index (χ1v) is 6.08. The van der Waals surface area contributed by atoms with Crippen LogP contribution >= 0.6 is 11.8 Å². The molecule has 1 aliphatic rings. The number of hydrogen-bond acceptors (Lipinski definition) is 5. The van der Waals surface area contributed by atoms with Crippen molar-refractivity contribution in [2.24, 2.45) is 0 Å². The van der Waals surface area contributed by atoms with Crippen molar-refractivity contribution in [1.82, 2.24) is 4.90 Å². The van der Waals surface area contributed by atoms with Crippen LogP contribution in [0.15, 0.2) is 0 Å². The predicted molar refractivity (Wildman–Crippen MR) is 58.4 cm³/mol. The maximum absolute atomic E-state index is 11.7. The Kier molecular flexibility index (Phi) is 5.58. The fourth-order valence-electron chi connectivity index (χ4n) is 1.44. The number of carboxylic acids is 1. The number of carbonyl (C=O) groups is 2. The normalized spacial score (nSPS) is 20.8. The number of aliphatic carboxylic acids is 1. The molecule has 0 aliphatic carbocycles. The van der Waals surface area contributed by atoms with Crippen molar-refractivity contribution in [3.63, 3.8) is 0 Å². The lowest BCUT2D eigenvalue weighted by Crippen LogP contribution is -2.51. The number of rotatable bonds is 5. The fourth-order valence-corrected chi connectivity index (χ4v) is 2.06. The Balaban J connectivity index is 2.35. The molecule has 92 valence electrons. The van der Waals surface area contributed by atoms with Crippen molar-refractivity contribution in [2.75, 3.05) is 37.9 Å². The SMILES string of the molecule is O=C(O)CSCC(=O)N1CCOCC1CO. The summed E-state index contributed by atoms with van der Waals surface area (Å²) in [5.74, 6) is -1.03. The predicted octanol–water partition coefficient (Wildman–Crippen LogP) is -0.976. The molecule has 1 fully saturated rings. The third-order valence-electron chi connectivity index (χ3n) is 2.21. The van der Waals surface area contributed by atoms with E-state index in [9.17, 15) is 9.59 Å². The van der Waals surface area contributed by atoms with Crippen LogP contribution in [0.25, 0.3) is 0 Å². The number of carbonyl (C=O) groups excluding carboxylic acids is 1. The van der Waals surface area contributed by atoms with E-state index < -0.39 is 5.97 Å². The standard InChI is InChI=1S/C9H15NO5S/c11-3-7-4-15-2-1-10(7)8(12)5-16-6-9(13)14/h7,11H,1-6H2,(H,13,14). The number of carboxylic acid groups (broad SMARTS) is 1. The van der Waals surface area contributed by atoms with E-state index in [0.29, 0.717) is 19.8 Å². The van der Waals surface area contributed by atoms with Gasteiger partial charge >= 0.3 is 5.97 Å². The van der Waals surface area contributed by atoms with Crippen LogP contribution in [-0.2, 0) is 14.3 Å². The van der Waals surface area contributed by atoms with Crippen LogP contribution in [0, 0.1) is 0 Å². The number of amides is 1. The molecule has 0 aromatic carbocycles. The van der Waals surface area contributed by atoms with Gasteiger partial charge < -0.3 is 19.8 Å². The zero-order valence-electron chi connectivity index (χ0n) is 8.79. The van der Waals surface area contributed by atoms with Crippen LogP contribution in [0.5, 0.6) is 0 Å². The van der Waals surface area contributed by atoms with Crippen LogP contribution < -0.4 is 0 Å². The molecule has 0 aromatic rings. The molecule has 0 radical (unpaired) electrons. The Bertz CT molecular complexity index is 260. The minimum absolute atomic E-state index is 0.0835. The highest BCUT2D eigenvalue weighted by Gasteiger charge is 2.26. The molecule has 1 saturated heterocycles. The monoisotopic (exact) mass is 249 g/mol. The van der Waals surface area contributed by atoms with E-state index in [4.69, 9.17) is 14.9 Å². The molecular formula is C9H15NO5S. The number of aliphatic hydroxyl groups is 1. The second-order valence-electron chi connectivity index (χ2n) is 3.38. The summed E-state index contributed by atoms with van der Waals surface area (Å²) in [6.45, 7) is 1.13. The van der Waals surface area contributed by atoms with Gasteiger partial charge in [-0.05, 0) is 0 Å². The topological polar surface area (TPSA) is 87.1 Å². The summed E-state index contributed by atoms with van der Waals surface area (Å²) in [6.07, 6.45) is 0. The zero-order valence-corrected chi connectivity index (χ0v) is 9.61. The summed E-state index contributed by atoms with van der Waals surface area (Å²) in [5, 5.41) is 17.5. The largest absolute Gasteiger partial charge is 0.481 e. The molecule has 1 unspecified atom stereocenters. The highest BCUT2D eigenvalue weighted by molar-refractivity contribution is 8.00. The minimum Gasteiger partial charge on any atom is -0.481 e. The van der Waals surface area contributed by atoms with Gasteiger partial charge in [-0.25, -0.2) is 0 Å². The van der Waals surface area contributed by atoms with Crippen LogP contribution in [0.4, 0.5) is 0 Å². The van der Waals surface area contributed by atoms with Gasteiger partial charge in [0.25, 0.3) is 0 Å². The molecular weight excluding hydrogens is 234 g/mol. The lowest BCUT2D eigenvalue weighted by molar-refractivity contribution is -0.138. The van der Waals surface area contributed by atoms with Crippen LogP contribution in [-0.4, -0.2) is 70.9 Å². The molecule has 0 saturated carbocycles. The first-order chi connectivity index (χ1) is 7.65. The summed E-state index contributed by atoms with van der Waals surface area (Å²) < 4.78 is 5.14. The van der Waals surface area contributed by atoms with E-state index in [1.165, 1.54) is 0 Å². The highest BCUT2D eigenvalue weighted by Crippen LogP contribution is 2.10. The van der Waals surface area contributed by atoms with Crippen molar-refractivity contribution in [3.05, 3.63) is 0 Å². The molecule has 7 heteroatoms. The first kappa shape index (κ1) is 13.3. The van der Waals surface area contributed by atoms with Crippen molar-refractivity contribution in [2.45, 2.75) is 6.04 Å². The second-order valence-corrected chi connectivity index (χ2v) is 4.37.